The lowest BCUT2D eigenvalue weighted by molar-refractivity contribution is -0.124. The molecule has 4 N–H and O–H groups in total. The highest BCUT2D eigenvalue weighted by atomic mass is 16.5. The van der Waals surface area contributed by atoms with Crippen molar-refractivity contribution in [3.8, 4) is 17.2 Å². The van der Waals surface area contributed by atoms with E-state index in [1.54, 1.807) is 31.2 Å². The standard InChI is InChI=1S/C20H23N3O5/c1-3-28-16-7-4-14(5-8-16)21-19(26)10-11-20(27)23-22-13(2)17-9-6-15(24)12-18(17)25/h4-9,12,24-25H,3,10-11H2,1-2H3,(H,21,26)(H,23,27)/b22-13+. The number of anilines is 1. The number of ether oxygens (including phenoxy) is 1. The van der Waals surface area contributed by atoms with Gasteiger partial charge < -0.3 is 20.3 Å². The molecule has 0 atom stereocenters. The Bertz CT molecular complexity index is 863. The van der Waals surface area contributed by atoms with E-state index in [-0.39, 0.29) is 30.2 Å². The van der Waals surface area contributed by atoms with Crippen LogP contribution in [-0.4, -0.2) is 34.3 Å². The molecule has 0 fully saturated rings. The Morgan fingerprint density at radius 3 is 2.36 bits per heavy atom. The largest absolute Gasteiger partial charge is 0.508 e. The second-order valence-corrected chi connectivity index (χ2v) is 5.94. The minimum Gasteiger partial charge on any atom is -0.508 e. The van der Waals surface area contributed by atoms with Crippen LogP contribution in [0.5, 0.6) is 17.2 Å². The molecule has 2 amide bonds. The van der Waals surface area contributed by atoms with Crippen LogP contribution in [0.15, 0.2) is 47.6 Å². The minimum atomic E-state index is -0.431. The Labute approximate surface area is 162 Å². The monoisotopic (exact) mass is 385 g/mol. The Morgan fingerprint density at radius 2 is 1.71 bits per heavy atom. The van der Waals surface area contributed by atoms with Gasteiger partial charge in [0, 0.05) is 30.2 Å². The van der Waals surface area contributed by atoms with E-state index in [9.17, 15) is 19.8 Å². The number of hydrazone groups is 1. The number of benzene rings is 2. The summed E-state index contributed by atoms with van der Waals surface area (Å²) < 4.78 is 5.33. The lowest BCUT2D eigenvalue weighted by atomic mass is 10.1. The lowest BCUT2D eigenvalue weighted by Gasteiger charge is -2.07. The Hall–Kier alpha value is -3.55. The maximum atomic E-state index is 11.9. The van der Waals surface area contributed by atoms with Crippen LogP contribution in [0.4, 0.5) is 5.69 Å². The third kappa shape index (κ3) is 6.31. The number of phenolic OH excluding ortho intramolecular Hbond substituents is 2. The van der Waals surface area contributed by atoms with E-state index in [2.05, 4.69) is 15.8 Å². The molecule has 148 valence electrons. The highest BCUT2D eigenvalue weighted by Gasteiger charge is 2.09. The number of carbonyl (C=O) groups excluding carboxylic acids is 2. The van der Waals surface area contributed by atoms with E-state index in [1.807, 2.05) is 6.92 Å². The zero-order valence-corrected chi connectivity index (χ0v) is 15.7. The Morgan fingerprint density at radius 1 is 1.04 bits per heavy atom. The molecular weight excluding hydrogens is 362 g/mol. The number of carbonyl (C=O) groups is 2. The summed E-state index contributed by atoms with van der Waals surface area (Å²) in [7, 11) is 0. The molecule has 0 saturated carbocycles. The van der Waals surface area contributed by atoms with Crippen LogP contribution in [0.3, 0.4) is 0 Å². The summed E-state index contributed by atoms with van der Waals surface area (Å²) in [5.74, 6) is -0.231. The van der Waals surface area contributed by atoms with Gasteiger partial charge in [-0.3, -0.25) is 9.59 Å². The number of amides is 2. The molecular formula is C20H23N3O5. The summed E-state index contributed by atoms with van der Waals surface area (Å²) >= 11 is 0. The molecule has 8 heteroatoms. The Balaban J connectivity index is 1.80. The van der Waals surface area contributed by atoms with Crippen LogP contribution in [0, 0.1) is 0 Å². The molecule has 0 unspecified atom stereocenters. The van der Waals surface area contributed by atoms with Crippen molar-refractivity contribution >= 4 is 23.2 Å². The third-order valence-electron chi connectivity index (χ3n) is 3.75. The van der Waals surface area contributed by atoms with Crippen LogP contribution in [0.25, 0.3) is 0 Å². The first-order chi connectivity index (χ1) is 13.4. The first-order valence-corrected chi connectivity index (χ1v) is 8.77. The number of nitrogens with zero attached hydrogens (tertiary/aromatic N) is 1. The van der Waals surface area contributed by atoms with Crippen LogP contribution >= 0.6 is 0 Å². The van der Waals surface area contributed by atoms with Gasteiger partial charge in [0.25, 0.3) is 0 Å². The van der Waals surface area contributed by atoms with Crippen LogP contribution in [0.2, 0.25) is 0 Å². The molecule has 0 aromatic heterocycles. The molecule has 0 aliphatic heterocycles. The van der Waals surface area contributed by atoms with Crippen LogP contribution in [-0.2, 0) is 9.59 Å². The molecule has 8 nitrogen and oxygen atoms in total. The molecule has 28 heavy (non-hydrogen) atoms. The smallest absolute Gasteiger partial charge is 0.240 e. The van der Waals surface area contributed by atoms with E-state index in [0.717, 1.165) is 0 Å². The van der Waals surface area contributed by atoms with Gasteiger partial charge in [0.2, 0.25) is 11.8 Å². The third-order valence-corrected chi connectivity index (χ3v) is 3.75. The van der Waals surface area contributed by atoms with Crippen molar-refractivity contribution in [3.05, 3.63) is 48.0 Å². The average molecular weight is 385 g/mol. The van der Waals surface area contributed by atoms with Gasteiger partial charge in [0.1, 0.15) is 17.2 Å². The van der Waals surface area contributed by atoms with Crippen molar-refractivity contribution < 1.29 is 24.5 Å². The number of aromatic hydroxyl groups is 2. The summed E-state index contributed by atoms with van der Waals surface area (Å²) in [6.45, 7) is 4.06. The molecule has 2 aromatic rings. The normalized spacial score (nSPS) is 11.0. The average Bonchev–Trinajstić information content (AvgIpc) is 2.66. The number of nitrogens with one attached hydrogen (secondary N) is 2. The molecule has 2 rings (SSSR count). The molecule has 0 aliphatic rings. The zero-order chi connectivity index (χ0) is 20.5. The van der Waals surface area contributed by atoms with Gasteiger partial charge in [-0.2, -0.15) is 5.10 Å². The Kier molecular flexibility index (Phi) is 7.38. The lowest BCUT2D eigenvalue weighted by Crippen LogP contribution is -2.21. The highest BCUT2D eigenvalue weighted by molar-refractivity contribution is 6.01. The van der Waals surface area contributed by atoms with Gasteiger partial charge in [0.15, 0.2) is 0 Å². The molecule has 0 spiro atoms. The number of rotatable bonds is 8. The first-order valence-electron chi connectivity index (χ1n) is 8.77. The number of hydrogen-bond acceptors (Lipinski definition) is 6. The summed E-state index contributed by atoms with van der Waals surface area (Å²) in [5, 5.41) is 25.7. The second kappa shape index (κ2) is 9.96. The number of hydrogen-bond donors (Lipinski definition) is 4. The van der Waals surface area contributed by atoms with Crippen molar-refractivity contribution in [3.63, 3.8) is 0 Å². The van der Waals surface area contributed by atoms with Crippen LogP contribution < -0.4 is 15.5 Å². The maximum absolute atomic E-state index is 11.9. The SMILES string of the molecule is CCOc1ccc(NC(=O)CCC(=O)N/N=C(\C)c2ccc(O)cc2O)cc1. The second-order valence-electron chi connectivity index (χ2n) is 5.94. The predicted molar refractivity (Wildman–Crippen MR) is 106 cm³/mol. The van der Waals surface area contributed by atoms with Gasteiger partial charge in [-0.15, -0.1) is 0 Å². The van der Waals surface area contributed by atoms with E-state index in [1.165, 1.54) is 18.2 Å². The summed E-state index contributed by atoms with van der Waals surface area (Å²) in [4.78, 5) is 23.8. The van der Waals surface area contributed by atoms with Gasteiger partial charge in [-0.25, -0.2) is 5.43 Å². The molecule has 0 aliphatic carbocycles. The molecule has 0 saturated heterocycles. The minimum absolute atomic E-state index is 0.00191. The zero-order valence-electron chi connectivity index (χ0n) is 15.7. The molecule has 0 bridgehead atoms. The van der Waals surface area contributed by atoms with E-state index in [4.69, 9.17) is 4.74 Å². The first kappa shape index (κ1) is 20.8. The summed E-state index contributed by atoms with van der Waals surface area (Å²) in [6.07, 6.45) is -0.0424. The fraction of sp³-hybridized carbons (Fsp3) is 0.250. The molecule has 2 aromatic carbocycles. The summed E-state index contributed by atoms with van der Waals surface area (Å²) in [5.41, 5.74) is 3.70. The van der Waals surface area contributed by atoms with Gasteiger partial charge in [-0.1, -0.05) is 0 Å². The van der Waals surface area contributed by atoms with E-state index in [0.29, 0.717) is 29.3 Å². The highest BCUT2D eigenvalue weighted by Crippen LogP contribution is 2.23. The van der Waals surface area contributed by atoms with Crippen LogP contribution in [0.1, 0.15) is 32.3 Å². The number of phenols is 2. The maximum Gasteiger partial charge on any atom is 0.240 e. The van der Waals surface area contributed by atoms with Crippen molar-refractivity contribution in [2.24, 2.45) is 5.10 Å². The van der Waals surface area contributed by atoms with Crippen molar-refractivity contribution in [2.45, 2.75) is 26.7 Å². The van der Waals surface area contributed by atoms with Crippen molar-refractivity contribution in [2.75, 3.05) is 11.9 Å². The van der Waals surface area contributed by atoms with Gasteiger partial charge in [-0.05, 0) is 50.2 Å². The molecule has 0 radical (unpaired) electrons. The fourth-order valence-electron chi connectivity index (χ4n) is 2.34. The van der Waals surface area contributed by atoms with Crippen molar-refractivity contribution in [1.29, 1.82) is 0 Å². The summed E-state index contributed by atoms with van der Waals surface area (Å²) in [6, 6.07) is 11.0. The molecule has 0 heterocycles. The van der Waals surface area contributed by atoms with E-state index < -0.39 is 5.91 Å². The predicted octanol–water partition coefficient (Wildman–Crippen LogP) is 2.76. The van der Waals surface area contributed by atoms with Gasteiger partial charge >= 0.3 is 0 Å². The quantitative estimate of drug-likeness (QED) is 0.411. The topological polar surface area (TPSA) is 120 Å². The fourth-order valence-corrected chi connectivity index (χ4v) is 2.34. The van der Waals surface area contributed by atoms with Gasteiger partial charge in [0.05, 0.1) is 12.3 Å². The van der Waals surface area contributed by atoms with Crippen molar-refractivity contribution in [1.82, 2.24) is 5.43 Å². The van der Waals surface area contributed by atoms with E-state index >= 15 is 0 Å².